The largest absolute Gasteiger partial charge is 0.504 e. The minimum Gasteiger partial charge on any atom is -0.504 e. The summed E-state index contributed by atoms with van der Waals surface area (Å²) in [5.74, 6) is -4.07. The minimum atomic E-state index is -1.14. The maximum atomic E-state index is 10.3. The van der Waals surface area contributed by atoms with Crippen molar-refractivity contribution in [2.75, 3.05) is 0 Å². The molecule has 0 bridgehead atoms. The molecule has 0 radical (unpaired) electrons. The number of carboxylic acid groups (broad SMARTS) is 2. The van der Waals surface area contributed by atoms with Crippen molar-refractivity contribution in [3.05, 3.63) is 47.5 Å². The number of carbonyl (C=O) groups excluding carboxylic acids is 2. The third-order valence-corrected chi connectivity index (χ3v) is 3.30. The molecule has 0 aliphatic carbocycles. The molecule has 1 aliphatic rings. The number of aromatic hydroxyl groups is 4. The highest BCUT2D eigenvalue weighted by Gasteiger charge is 2.15. The second kappa shape index (κ2) is 10.2. The Bertz CT molecular complexity index is 863. The number of benzene rings is 2. The van der Waals surface area contributed by atoms with Crippen LogP contribution in [-0.4, -0.2) is 54.4 Å². The lowest BCUT2D eigenvalue weighted by molar-refractivity contribution is -0.124. The van der Waals surface area contributed by atoms with E-state index in [1.54, 1.807) is 0 Å². The number of phenolic OH excluding ortho intramolecular Hbond substituents is 4. The lowest BCUT2D eigenvalue weighted by Gasteiger charge is -1.97. The van der Waals surface area contributed by atoms with Crippen molar-refractivity contribution in [3.63, 3.8) is 0 Å². The molecule has 2 aromatic carbocycles. The fraction of sp³-hybridized carbons (Fsp3) is 0.111. The van der Waals surface area contributed by atoms with E-state index in [0.29, 0.717) is 12.8 Å². The summed E-state index contributed by atoms with van der Waals surface area (Å²) in [4.78, 5) is 40.8. The molecular weight excluding hydrogens is 390 g/mol. The van der Waals surface area contributed by atoms with Gasteiger partial charge < -0.3 is 30.6 Å². The first-order chi connectivity index (χ1) is 13.5. The van der Waals surface area contributed by atoms with E-state index in [1.165, 1.54) is 12.1 Å². The molecule has 1 aliphatic heterocycles. The van der Waals surface area contributed by atoms with Crippen LogP contribution in [-0.2, 0) is 9.59 Å². The molecule has 11 heteroatoms. The number of hydrogen-bond donors (Lipinski definition) is 7. The molecule has 11 nitrogen and oxygen atoms in total. The van der Waals surface area contributed by atoms with Gasteiger partial charge in [0.2, 0.25) is 11.8 Å². The summed E-state index contributed by atoms with van der Waals surface area (Å²) >= 11 is 0. The summed E-state index contributed by atoms with van der Waals surface area (Å²) in [7, 11) is 0. The van der Waals surface area contributed by atoms with E-state index >= 15 is 0 Å². The summed E-state index contributed by atoms with van der Waals surface area (Å²) in [5, 5.41) is 54.2. The molecule has 29 heavy (non-hydrogen) atoms. The molecular formula is C18H17NO10. The number of hydrogen-bond acceptors (Lipinski definition) is 8. The highest BCUT2D eigenvalue weighted by molar-refractivity contribution is 6.01. The lowest BCUT2D eigenvalue weighted by Crippen LogP contribution is -2.18. The molecule has 0 atom stereocenters. The summed E-state index contributed by atoms with van der Waals surface area (Å²) in [6.45, 7) is 0. The van der Waals surface area contributed by atoms with Gasteiger partial charge in [-0.05, 0) is 36.4 Å². The number of carbonyl (C=O) groups is 4. The van der Waals surface area contributed by atoms with E-state index in [1.807, 2.05) is 0 Å². The molecule has 3 rings (SSSR count). The first kappa shape index (κ1) is 22.8. The fourth-order valence-corrected chi connectivity index (χ4v) is 1.82. The van der Waals surface area contributed by atoms with Crippen LogP contribution in [0, 0.1) is 0 Å². The van der Waals surface area contributed by atoms with Gasteiger partial charge in [-0.15, -0.1) is 0 Å². The first-order valence-electron chi connectivity index (χ1n) is 7.84. The van der Waals surface area contributed by atoms with Crippen LogP contribution < -0.4 is 5.32 Å². The Morgan fingerprint density at radius 3 is 1.21 bits per heavy atom. The number of imide groups is 1. The van der Waals surface area contributed by atoms with Crippen LogP contribution in [0.2, 0.25) is 0 Å². The van der Waals surface area contributed by atoms with E-state index < -0.39 is 23.4 Å². The monoisotopic (exact) mass is 407 g/mol. The number of phenols is 4. The zero-order chi connectivity index (χ0) is 22.1. The van der Waals surface area contributed by atoms with Crippen LogP contribution in [0.4, 0.5) is 0 Å². The number of rotatable bonds is 2. The normalized spacial score (nSPS) is 12.0. The molecule has 2 aromatic rings. The quantitative estimate of drug-likeness (QED) is 0.278. The topological polar surface area (TPSA) is 202 Å². The molecule has 1 fully saturated rings. The van der Waals surface area contributed by atoms with Crippen molar-refractivity contribution in [2.45, 2.75) is 12.8 Å². The van der Waals surface area contributed by atoms with Crippen LogP contribution >= 0.6 is 0 Å². The van der Waals surface area contributed by atoms with Gasteiger partial charge in [-0.1, -0.05) is 0 Å². The van der Waals surface area contributed by atoms with E-state index in [2.05, 4.69) is 5.32 Å². The molecule has 2 amide bonds. The highest BCUT2D eigenvalue weighted by atomic mass is 16.4. The zero-order valence-electron chi connectivity index (χ0n) is 14.7. The van der Waals surface area contributed by atoms with Gasteiger partial charge in [0.25, 0.3) is 0 Å². The summed E-state index contributed by atoms with van der Waals surface area (Å²) in [5.41, 5.74) is -0.111. The maximum Gasteiger partial charge on any atom is 0.335 e. The van der Waals surface area contributed by atoms with Crippen molar-refractivity contribution in [3.8, 4) is 23.0 Å². The molecule has 0 spiro atoms. The van der Waals surface area contributed by atoms with Crippen LogP contribution in [0.25, 0.3) is 0 Å². The van der Waals surface area contributed by atoms with Crippen LogP contribution in [0.3, 0.4) is 0 Å². The summed E-state index contributed by atoms with van der Waals surface area (Å²) in [6.07, 6.45) is 0.748. The number of nitrogens with one attached hydrogen (secondary N) is 1. The van der Waals surface area contributed by atoms with Gasteiger partial charge in [0.05, 0.1) is 11.1 Å². The van der Waals surface area contributed by atoms with Gasteiger partial charge in [0.15, 0.2) is 23.0 Å². The first-order valence-corrected chi connectivity index (χ1v) is 7.84. The van der Waals surface area contributed by atoms with E-state index in [9.17, 15) is 19.2 Å². The van der Waals surface area contributed by atoms with E-state index in [0.717, 1.165) is 24.3 Å². The zero-order valence-corrected chi connectivity index (χ0v) is 14.7. The Morgan fingerprint density at radius 1 is 0.655 bits per heavy atom. The summed E-state index contributed by atoms with van der Waals surface area (Å²) in [6, 6.07) is 6.63. The second-order valence-corrected chi connectivity index (χ2v) is 5.49. The van der Waals surface area contributed by atoms with Gasteiger partial charge in [-0.25, -0.2) is 9.59 Å². The van der Waals surface area contributed by atoms with Crippen molar-refractivity contribution in [1.29, 1.82) is 0 Å². The minimum absolute atomic E-state index is 0.0553. The van der Waals surface area contributed by atoms with Crippen molar-refractivity contribution in [1.82, 2.24) is 5.32 Å². The Morgan fingerprint density at radius 2 is 1.00 bits per heavy atom. The van der Waals surface area contributed by atoms with E-state index in [-0.39, 0.29) is 34.4 Å². The Hall–Kier alpha value is -4.28. The molecule has 0 saturated carbocycles. The second-order valence-electron chi connectivity index (χ2n) is 5.49. The van der Waals surface area contributed by atoms with Crippen molar-refractivity contribution >= 4 is 23.8 Å². The number of carboxylic acids is 2. The Labute approximate surface area is 163 Å². The van der Waals surface area contributed by atoms with Crippen molar-refractivity contribution < 1.29 is 49.8 Å². The lowest BCUT2D eigenvalue weighted by atomic mass is 10.2. The van der Waals surface area contributed by atoms with Crippen LogP contribution in [0.15, 0.2) is 36.4 Å². The predicted octanol–water partition coefficient (Wildman–Crippen LogP) is 1.01. The van der Waals surface area contributed by atoms with Gasteiger partial charge in [-0.3, -0.25) is 14.9 Å². The standard InChI is InChI=1S/2C7H6O4.C4H5NO2/c2*8-5-2-1-4(7(10)11)3-6(5)9;6-3-1-2-4(7)5-3/h2*1-3,8-9H,(H,10,11);1-2H2,(H,5,6,7). The highest BCUT2D eigenvalue weighted by Crippen LogP contribution is 2.25. The van der Waals surface area contributed by atoms with Gasteiger partial charge in [0.1, 0.15) is 0 Å². The number of amides is 2. The van der Waals surface area contributed by atoms with Gasteiger partial charge in [-0.2, -0.15) is 0 Å². The third-order valence-electron chi connectivity index (χ3n) is 3.30. The number of aromatic carboxylic acids is 2. The maximum absolute atomic E-state index is 10.3. The fourth-order valence-electron chi connectivity index (χ4n) is 1.82. The molecule has 7 N–H and O–H groups in total. The van der Waals surface area contributed by atoms with Gasteiger partial charge in [0, 0.05) is 12.8 Å². The van der Waals surface area contributed by atoms with Crippen LogP contribution in [0.5, 0.6) is 23.0 Å². The molecule has 154 valence electrons. The van der Waals surface area contributed by atoms with Crippen LogP contribution in [0.1, 0.15) is 33.6 Å². The molecule has 0 unspecified atom stereocenters. The van der Waals surface area contributed by atoms with Crippen molar-refractivity contribution in [2.24, 2.45) is 0 Å². The Balaban J connectivity index is 0.000000223. The molecule has 0 aromatic heterocycles. The molecule has 1 heterocycles. The SMILES string of the molecule is O=C(O)c1ccc(O)c(O)c1.O=C(O)c1ccc(O)c(O)c1.O=C1CCC(=O)N1. The average molecular weight is 407 g/mol. The third kappa shape index (κ3) is 7.46. The average Bonchev–Trinajstić information content (AvgIpc) is 3.03. The van der Waals surface area contributed by atoms with Gasteiger partial charge >= 0.3 is 11.9 Å². The smallest absolute Gasteiger partial charge is 0.335 e. The molecule has 1 saturated heterocycles. The van der Waals surface area contributed by atoms with E-state index in [4.69, 9.17) is 30.6 Å². The Kier molecular flexibility index (Phi) is 7.97. The predicted molar refractivity (Wildman–Crippen MR) is 95.8 cm³/mol. The summed E-state index contributed by atoms with van der Waals surface area (Å²) < 4.78 is 0.